The Morgan fingerprint density at radius 2 is 2.00 bits per heavy atom. The molecule has 0 aliphatic rings. The molecule has 2 N–H and O–H groups in total. The van der Waals surface area contributed by atoms with Gasteiger partial charge in [0.05, 0.1) is 12.6 Å². The molecule has 4 heteroatoms. The van der Waals surface area contributed by atoms with Gasteiger partial charge in [0.15, 0.2) is 0 Å². The molecule has 2 aromatic rings. The van der Waals surface area contributed by atoms with Crippen LogP contribution >= 0.6 is 0 Å². The van der Waals surface area contributed by atoms with E-state index in [9.17, 15) is 5.11 Å². The van der Waals surface area contributed by atoms with E-state index in [0.29, 0.717) is 13.1 Å². The van der Waals surface area contributed by atoms with E-state index >= 15 is 0 Å². The number of aromatic nitrogens is 2. The maximum atomic E-state index is 9.97. The molecule has 0 saturated carbocycles. The first-order valence-electron chi connectivity index (χ1n) is 7.00. The lowest BCUT2D eigenvalue weighted by Gasteiger charge is -2.26. The molecule has 0 spiro atoms. The molecule has 2 rings (SSSR count). The van der Waals surface area contributed by atoms with E-state index in [1.165, 1.54) is 5.56 Å². The van der Waals surface area contributed by atoms with Crippen molar-refractivity contribution in [1.29, 1.82) is 0 Å². The summed E-state index contributed by atoms with van der Waals surface area (Å²) in [6, 6.07) is 12.3. The van der Waals surface area contributed by atoms with Crippen LogP contribution in [0, 0.1) is 0 Å². The number of aliphatic hydroxyl groups excluding tert-OH is 1. The van der Waals surface area contributed by atoms with Crippen molar-refractivity contribution in [3.8, 4) is 0 Å². The highest BCUT2D eigenvalue weighted by atomic mass is 16.3. The Hall–Kier alpha value is -1.65. The number of hydrogen-bond acceptors (Lipinski definition) is 3. The highest BCUT2D eigenvalue weighted by Gasteiger charge is 2.20. The number of aliphatic hydroxyl groups is 1. The van der Waals surface area contributed by atoms with Crippen LogP contribution in [0.15, 0.2) is 48.8 Å². The molecule has 1 aromatic carbocycles. The third-order valence-electron chi connectivity index (χ3n) is 3.46. The van der Waals surface area contributed by atoms with Crippen LogP contribution in [0.25, 0.3) is 0 Å². The Balaban J connectivity index is 1.77. The van der Waals surface area contributed by atoms with Crippen molar-refractivity contribution in [3.63, 3.8) is 0 Å². The normalized spacial score (nSPS) is 13.3. The molecule has 20 heavy (non-hydrogen) atoms. The minimum absolute atomic E-state index is 0.0483. The molecule has 0 fully saturated rings. The zero-order chi connectivity index (χ0) is 14.4. The number of benzene rings is 1. The Morgan fingerprint density at radius 1 is 1.25 bits per heavy atom. The molecule has 1 aromatic heterocycles. The van der Waals surface area contributed by atoms with Crippen molar-refractivity contribution in [1.82, 2.24) is 15.1 Å². The predicted octanol–water partition coefficient (Wildman–Crippen LogP) is 1.81. The van der Waals surface area contributed by atoms with Crippen LogP contribution in [0.1, 0.15) is 19.4 Å². The molecule has 4 nitrogen and oxygen atoms in total. The van der Waals surface area contributed by atoms with Gasteiger partial charge in [-0.1, -0.05) is 44.2 Å². The van der Waals surface area contributed by atoms with Crippen molar-refractivity contribution in [3.05, 3.63) is 54.4 Å². The van der Waals surface area contributed by atoms with E-state index in [0.717, 1.165) is 6.54 Å². The van der Waals surface area contributed by atoms with Gasteiger partial charge in [-0.3, -0.25) is 4.68 Å². The zero-order valence-electron chi connectivity index (χ0n) is 12.2. The van der Waals surface area contributed by atoms with E-state index in [1.54, 1.807) is 10.9 Å². The fourth-order valence-electron chi connectivity index (χ4n) is 2.23. The fraction of sp³-hybridized carbons (Fsp3) is 0.438. The van der Waals surface area contributed by atoms with E-state index in [-0.39, 0.29) is 5.41 Å². The first kappa shape index (κ1) is 14.8. The van der Waals surface area contributed by atoms with Gasteiger partial charge in [0.25, 0.3) is 0 Å². The van der Waals surface area contributed by atoms with E-state index in [4.69, 9.17) is 0 Å². The average molecular weight is 273 g/mol. The quantitative estimate of drug-likeness (QED) is 0.809. The van der Waals surface area contributed by atoms with Crippen molar-refractivity contribution in [2.45, 2.75) is 31.9 Å². The monoisotopic (exact) mass is 273 g/mol. The lowest BCUT2D eigenvalue weighted by Crippen LogP contribution is -2.38. The summed E-state index contributed by atoms with van der Waals surface area (Å²) in [6.07, 6.45) is 3.15. The summed E-state index contributed by atoms with van der Waals surface area (Å²) < 4.78 is 1.74. The number of nitrogens with one attached hydrogen (secondary N) is 1. The van der Waals surface area contributed by atoms with Gasteiger partial charge in [0, 0.05) is 30.9 Å². The van der Waals surface area contributed by atoms with Crippen molar-refractivity contribution < 1.29 is 5.11 Å². The lowest BCUT2D eigenvalue weighted by atomic mass is 9.84. The van der Waals surface area contributed by atoms with Crippen molar-refractivity contribution >= 4 is 0 Å². The van der Waals surface area contributed by atoms with Crippen LogP contribution in [-0.2, 0) is 12.0 Å². The van der Waals surface area contributed by atoms with Crippen LogP contribution in [0.4, 0.5) is 0 Å². The Labute approximate surface area is 120 Å². The molecule has 1 heterocycles. The van der Waals surface area contributed by atoms with Gasteiger partial charge >= 0.3 is 0 Å². The summed E-state index contributed by atoms with van der Waals surface area (Å²) in [6.45, 7) is 6.32. The minimum atomic E-state index is -0.429. The zero-order valence-corrected chi connectivity index (χ0v) is 12.2. The third-order valence-corrected chi connectivity index (χ3v) is 3.46. The van der Waals surface area contributed by atoms with Crippen LogP contribution in [0.5, 0.6) is 0 Å². The lowest BCUT2D eigenvalue weighted by molar-refractivity contribution is 0.145. The van der Waals surface area contributed by atoms with E-state index in [2.05, 4.69) is 48.5 Å². The van der Waals surface area contributed by atoms with Gasteiger partial charge in [-0.05, 0) is 11.6 Å². The summed E-state index contributed by atoms with van der Waals surface area (Å²) in [5.74, 6) is 0. The highest BCUT2D eigenvalue weighted by Crippen LogP contribution is 2.21. The highest BCUT2D eigenvalue weighted by molar-refractivity contribution is 5.23. The average Bonchev–Trinajstić information content (AvgIpc) is 2.92. The van der Waals surface area contributed by atoms with Gasteiger partial charge in [0.1, 0.15) is 0 Å². The first-order valence-corrected chi connectivity index (χ1v) is 7.00. The van der Waals surface area contributed by atoms with Gasteiger partial charge in [0.2, 0.25) is 0 Å². The van der Waals surface area contributed by atoms with Crippen LogP contribution in [0.3, 0.4) is 0 Å². The van der Waals surface area contributed by atoms with Crippen LogP contribution < -0.4 is 5.32 Å². The van der Waals surface area contributed by atoms with Crippen molar-refractivity contribution in [2.24, 2.45) is 0 Å². The van der Waals surface area contributed by atoms with Gasteiger partial charge in [-0.2, -0.15) is 5.10 Å². The first-order chi connectivity index (χ1) is 9.58. The molecule has 0 amide bonds. The topological polar surface area (TPSA) is 50.1 Å². The largest absolute Gasteiger partial charge is 0.390 e. The number of nitrogens with zero attached hydrogens (tertiary/aromatic N) is 2. The Bertz CT molecular complexity index is 494. The fourth-order valence-corrected chi connectivity index (χ4v) is 2.23. The Morgan fingerprint density at radius 3 is 2.65 bits per heavy atom. The standard InChI is InChI=1S/C16H23N3O/c1-16(2,14-7-4-3-5-8-14)13-17-11-15(20)12-19-10-6-9-18-19/h3-10,15,17,20H,11-13H2,1-2H3. The smallest absolute Gasteiger partial charge is 0.0860 e. The summed E-state index contributed by atoms with van der Waals surface area (Å²) in [5, 5.41) is 17.4. The summed E-state index contributed by atoms with van der Waals surface area (Å²) in [7, 11) is 0. The second kappa shape index (κ2) is 6.68. The molecule has 1 unspecified atom stereocenters. The predicted molar refractivity (Wildman–Crippen MR) is 80.6 cm³/mol. The summed E-state index contributed by atoms with van der Waals surface area (Å²) in [5.41, 5.74) is 1.35. The minimum Gasteiger partial charge on any atom is -0.390 e. The maximum Gasteiger partial charge on any atom is 0.0860 e. The number of rotatable bonds is 7. The molecule has 1 atom stereocenters. The number of hydrogen-bond donors (Lipinski definition) is 2. The maximum absolute atomic E-state index is 9.97. The third kappa shape index (κ3) is 4.18. The van der Waals surface area contributed by atoms with Crippen molar-refractivity contribution in [2.75, 3.05) is 13.1 Å². The molecule has 0 saturated heterocycles. The van der Waals surface area contributed by atoms with Gasteiger partial charge < -0.3 is 10.4 Å². The SMILES string of the molecule is CC(C)(CNCC(O)Cn1cccn1)c1ccccc1. The van der Waals surface area contributed by atoms with Gasteiger partial charge in [-0.25, -0.2) is 0 Å². The molecule has 0 aliphatic heterocycles. The molecule has 0 radical (unpaired) electrons. The second-order valence-electron chi connectivity index (χ2n) is 5.76. The van der Waals surface area contributed by atoms with Crippen LogP contribution in [-0.4, -0.2) is 34.1 Å². The molecular weight excluding hydrogens is 250 g/mol. The summed E-state index contributed by atoms with van der Waals surface area (Å²) >= 11 is 0. The molecular formula is C16H23N3O. The van der Waals surface area contributed by atoms with Gasteiger partial charge in [-0.15, -0.1) is 0 Å². The summed E-state index contributed by atoms with van der Waals surface area (Å²) in [4.78, 5) is 0. The molecule has 0 aliphatic carbocycles. The Kier molecular flexibility index (Phi) is 4.93. The van der Waals surface area contributed by atoms with E-state index in [1.807, 2.05) is 18.3 Å². The van der Waals surface area contributed by atoms with E-state index < -0.39 is 6.10 Å². The molecule has 0 bridgehead atoms. The van der Waals surface area contributed by atoms with Crippen LogP contribution in [0.2, 0.25) is 0 Å². The second-order valence-corrected chi connectivity index (χ2v) is 5.76. The molecule has 108 valence electrons.